The lowest BCUT2D eigenvalue weighted by Crippen LogP contribution is -2.45. The van der Waals surface area contributed by atoms with Crippen molar-refractivity contribution in [2.24, 2.45) is 0 Å². The van der Waals surface area contributed by atoms with Crippen LogP contribution in [0.15, 0.2) is 4.52 Å². The standard InChI is InChI=1S/C12H20N2O4/c1-8-10(9(2)18-14-8)11(15)13-6-12(3,17-5)7-16-4/h6-7H2,1-5H3,(H,13,15)/t12-/m0/s1. The summed E-state index contributed by atoms with van der Waals surface area (Å²) in [5.41, 5.74) is 0.505. The fourth-order valence-electron chi connectivity index (χ4n) is 1.65. The van der Waals surface area contributed by atoms with Gasteiger partial charge in [-0.2, -0.15) is 0 Å². The molecular weight excluding hydrogens is 236 g/mol. The number of aromatic nitrogens is 1. The van der Waals surface area contributed by atoms with Gasteiger partial charge in [0.05, 0.1) is 12.3 Å². The van der Waals surface area contributed by atoms with Crippen LogP contribution in [-0.2, 0) is 9.47 Å². The van der Waals surface area contributed by atoms with E-state index >= 15 is 0 Å². The highest BCUT2D eigenvalue weighted by molar-refractivity contribution is 5.96. The van der Waals surface area contributed by atoms with Crippen molar-refractivity contribution >= 4 is 5.91 Å². The average Bonchev–Trinajstić information content (AvgIpc) is 2.67. The molecule has 0 radical (unpaired) electrons. The fraction of sp³-hybridized carbons (Fsp3) is 0.667. The molecule has 0 fully saturated rings. The molecule has 0 saturated heterocycles. The van der Waals surface area contributed by atoms with E-state index in [1.165, 1.54) is 0 Å². The Labute approximate surface area is 107 Å². The van der Waals surface area contributed by atoms with E-state index in [-0.39, 0.29) is 5.91 Å². The molecule has 0 aromatic carbocycles. The van der Waals surface area contributed by atoms with Gasteiger partial charge >= 0.3 is 0 Å². The third kappa shape index (κ3) is 3.30. The first-order valence-electron chi connectivity index (χ1n) is 5.68. The minimum Gasteiger partial charge on any atom is -0.382 e. The molecule has 0 aliphatic rings. The Hall–Kier alpha value is -1.40. The molecule has 0 spiro atoms. The zero-order valence-electron chi connectivity index (χ0n) is 11.5. The second-order valence-corrected chi connectivity index (χ2v) is 4.47. The lowest BCUT2D eigenvalue weighted by atomic mass is 10.1. The highest BCUT2D eigenvalue weighted by atomic mass is 16.5. The number of rotatable bonds is 6. The van der Waals surface area contributed by atoms with Gasteiger partial charge in [-0.05, 0) is 20.8 Å². The summed E-state index contributed by atoms with van der Waals surface area (Å²) in [6.07, 6.45) is 0. The maximum Gasteiger partial charge on any atom is 0.256 e. The van der Waals surface area contributed by atoms with E-state index in [1.807, 2.05) is 6.92 Å². The predicted octanol–water partition coefficient (Wildman–Crippen LogP) is 1.07. The van der Waals surface area contributed by atoms with E-state index < -0.39 is 5.60 Å². The summed E-state index contributed by atoms with van der Waals surface area (Å²) in [5.74, 6) is 0.293. The summed E-state index contributed by atoms with van der Waals surface area (Å²) in [7, 11) is 3.18. The van der Waals surface area contributed by atoms with Crippen LogP contribution in [0.4, 0.5) is 0 Å². The Morgan fingerprint density at radius 3 is 2.56 bits per heavy atom. The number of aryl methyl sites for hydroxylation is 2. The van der Waals surface area contributed by atoms with Crippen LogP contribution in [0.2, 0.25) is 0 Å². The topological polar surface area (TPSA) is 73.6 Å². The highest BCUT2D eigenvalue weighted by Gasteiger charge is 2.26. The van der Waals surface area contributed by atoms with Gasteiger partial charge in [0, 0.05) is 20.8 Å². The van der Waals surface area contributed by atoms with Crippen LogP contribution in [0.3, 0.4) is 0 Å². The number of methoxy groups -OCH3 is 2. The van der Waals surface area contributed by atoms with E-state index in [1.54, 1.807) is 28.1 Å². The van der Waals surface area contributed by atoms with E-state index in [4.69, 9.17) is 14.0 Å². The monoisotopic (exact) mass is 256 g/mol. The van der Waals surface area contributed by atoms with Crippen LogP contribution < -0.4 is 5.32 Å². The van der Waals surface area contributed by atoms with Crippen molar-refractivity contribution in [1.29, 1.82) is 0 Å². The first-order valence-corrected chi connectivity index (χ1v) is 5.68. The van der Waals surface area contributed by atoms with Gasteiger partial charge in [-0.15, -0.1) is 0 Å². The smallest absolute Gasteiger partial charge is 0.256 e. The van der Waals surface area contributed by atoms with Gasteiger partial charge in [0.15, 0.2) is 0 Å². The number of hydrogen-bond donors (Lipinski definition) is 1. The molecule has 1 heterocycles. The summed E-state index contributed by atoms with van der Waals surface area (Å²) in [4.78, 5) is 12.0. The van der Waals surface area contributed by atoms with Crippen LogP contribution in [0.5, 0.6) is 0 Å². The van der Waals surface area contributed by atoms with Crippen LogP contribution in [-0.4, -0.2) is 44.0 Å². The molecule has 1 aromatic heterocycles. The molecule has 1 amide bonds. The largest absolute Gasteiger partial charge is 0.382 e. The molecule has 0 unspecified atom stereocenters. The van der Waals surface area contributed by atoms with Gasteiger partial charge in [0.1, 0.15) is 16.9 Å². The Morgan fingerprint density at radius 1 is 1.44 bits per heavy atom. The van der Waals surface area contributed by atoms with Crippen LogP contribution in [0, 0.1) is 13.8 Å². The van der Waals surface area contributed by atoms with Crippen molar-refractivity contribution in [3.63, 3.8) is 0 Å². The number of carbonyl (C=O) groups excluding carboxylic acids is 1. The second-order valence-electron chi connectivity index (χ2n) is 4.47. The molecule has 1 rings (SSSR count). The summed E-state index contributed by atoms with van der Waals surface area (Å²) >= 11 is 0. The SMILES string of the molecule is COC[C@](C)(CNC(=O)c1c(C)noc1C)OC. The molecule has 0 saturated carbocycles. The number of nitrogens with one attached hydrogen (secondary N) is 1. The first-order chi connectivity index (χ1) is 8.43. The summed E-state index contributed by atoms with van der Waals surface area (Å²) < 4.78 is 15.3. The van der Waals surface area contributed by atoms with Gasteiger partial charge in [-0.3, -0.25) is 4.79 Å². The molecule has 0 aliphatic heterocycles. The Kier molecular flexibility index (Phi) is 4.86. The quantitative estimate of drug-likeness (QED) is 0.824. The van der Waals surface area contributed by atoms with Gasteiger partial charge < -0.3 is 19.3 Å². The Bertz CT molecular complexity index is 397. The minimum atomic E-state index is -0.552. The molecule has 1 aromatic rings. The number of hydrogen-bond acceptors (Lipinski definition) is 5. The molecule has 0 bridgehead atoms. The summed E-state index contributed by atoms with van der Waals surface area (Å²) in [6, 6.07) is 0. The van der Waals surface area contributed by atoms with Crippen LogP contribution >= 0.6 is 0 Å². The van der Waals surface area contributed by atoms with E-state index in [9.17, 15) is 4.79 Å². The molecule has 18 heavy (non-hydrogen) atoms. The number of nitrogens with zero attached hydrogens (tertiary/aromatic N) is 1. The van der Waals surface area contributed by atoms with E-state index in [0.29, 0.717) is 30.2 Å². The molecule has 6 heteroatoms. The maximum atomic E-state index is 12.0. The van der Waals surface area contributed by atoms with Crippen molar-refractivity contribution in [3.05, 3.63) is 17.0 Å². The van der Waals surface area contributed by atoms with Gasteiger partial charge in [-0.25, -0.2) is 0 Å². The lowest BCUT2D eigenvalue weighted by molar-refractivity contribution is -0.0479. The number of amides is 1. The average molecular weight is 256 g/mol. The minimum absolute atomic E-state index is 0.217. The third-order valence-electron chi connectivity index (χ3n) is 2.83. The number of ether oxygens (including phenoxy) is 2. The fourth-order valence-corrected chi connectivity index (χ4v) is 1.65. The number of carbonyl (C=O) groups is 1. The molecule has 6 nitrogen and oxygen atoms in total. The van der Waals surface area contributed by atoms with Crippen LogP contribution in [0.1, 0.15) is 28.7 Å². The zero-order chi connectivity index (χ0) is 13.8. The molecule has 0 aliphatic carbocycles. The Morgan fingerprint density at radius 2 is 2.11 bits per heavy atom. The summed E-state index contributed by atoms with van der Waals surface area (Å²) in [5, 5.41) is 6.55. The normalized spacial score (nSPS) is 14.3. The Balaban J connectivity index is 2.66. The van der Waals surface area contributed by atoms with Crippen molar-refractivity contribution in [2.75, 3.05) is 27.4 Å². The van der Waals surface area contributed by atoms with Gasteiger partial charge in [0.2, 0.25) is 0 Å². The highest BCUT2D eigenvalue weighted by Crippen LogP contribution is 2.13. The van der Waals surface area contributed by atoms with Gasteiger partial charge in [-0.1, -0.05) is 5.16 Å². The third-order valence-corrected chi connectivity index (χ3v) is 2.83. The first kappa shape index (κ1) is 14.7. The van der Waals surface area contributed by atoms with Crippen molar-refractivity contribution in [3.8, 4) is 0 Å². The molecule has 1 atom stereocenters. The zero-order valence-corrected chi connectivity index (χ0v) is 11.5. The summed E-state index contributed by atoms with van der Waals surface area (Å²) in [6.45, 7) is 6.05. The van der Waals surface area contributed by atoms with Crippen molar-refractivity contribution in [1.82, 2.24) is 10.5 Å². The molecular formula is C12H20N2O4. The predicted molar refractivity (Wildman–Crippen MR) is 65.6 cm³/mol. The van der Waals surface area contributed by atoms with Crippen molar-refractivity contribution < 1.29 is 18.8 Å². The van der Waals surface area contributed by atoms with Gasteiger partial charge in [0.25, 0.3) is 5.91 Å². The van der Waals surface area contributed by atoms with E-state index in [2.05, 4.69) is 10.5 Å². The molecule has 1 N–H and O–H groups in total. The second kappa shape index (κ2) is 5.97. The maximum absolute atomic E-state index is 12.0. The lowest BCUT2D eigenvalue weighted by Gasteiger charge is -2.27. The van der Waals surface area contributed by atoms with Crippen LogP contribution in [0.25, 0.3) is 0 Å². The van der Waals surface area contributed by atoms with Crippen molar-refractivity contribution in [2.45, 2.75) is 26.4 Å². The van der Waals surface area contributed by atoms with E-state index in [0.717, 1.165) is 0 Å². The molecule has 102 valence electrons.